The molecule has 0 spiro atoms. The molecule has 49 heavy (non-hydrogen) atoms. The lowest BCUT2D eigenvalue weighted by Gasteiger charge is -2.41. The fourth-order valence-corrected chi connectivity index (χ4v) is 6.83. The van der Waals surface area contributed by atoms with E-state index in [1.165, 1.54) is 5.56 Å². The predicted octanol–water partition coefficient (Wildman–Crippen LogP) is 4.43. The average molecular weight is 679 g/mol. The third-order valence-corrected chi connectivity index (χ3v) is 10.4. The van der Waals surface area contributed by atoms with Gasteiger partial charge in [-0.05, 0) is 105 Å². The van der Waals surface area contributed by atoms with Gasteiger partial charge in [-0.2, -0.15) is 0 Å². The van der Waals surface area contributed by atoms with Crippen molar-refractivity contribution in [2.45, 2.75) is 124 Å². The maximum atomic E-state index is 13.5. The number of aliphatic hydroxyl groups is 4. The second-order valence-electron chi connectivity index (χ2n) is 15.7. The Morgan fingerprint density at radius 1 is 0.959 bits per heavy atom. The highest BCUT2D eigenvalue weighted by Gasteiger charge is 2.44. The van der Waals surface area contributed by atoms with E-state index in [4.69, 9.17) is 4.74 Å². The number of ether oxygens (including phenoxy) is 1. The van der Waals surface area contributed by atoms with Crippen LogP contribution < -0.4 is 10.6 Å². The Hall–Kier alpha value is -2.92. The lowest BCUT2D eigenvalue weighted by molar-refractivity contribution is -0.231. The molecule has 2 heterocycles. The SMILES string of the molecule is Cc1cc(/C=C/C(C)(C)C(=O)CC(C)(C)C(=O)NC2CCNCC2)ccc1Cc1cc([C@@H]2O[C@H](CO)[C@@H](O)[C@H](O)[C@H]2O)c(C)cc1C(C)C. The van der Waals surface area contributed by atoms with Gasteiger partial charge < -0.3 is 35.8 Å². The molecule has 0 aromatic heterocycles. The van der Waals surface area contributed by atoms with Gasteiger partial charge in [-0.1, -0.05) is 70.2 Å². The number of carbonyl (C=O) groups excluding carboxylic acids is 2. The first kappa shape index (κ1) is 38.9. The van der Waals surface area contributed by atoms with Crippen LogP contribution in [0, 0.1) is 24.7 Å². The Morgan fingerprint density at radius 3 is 2.24 bits per heavy atom. The molecule has 0 radical (unpaired) electrons. The largest absolute Gasteiger partial charge is 0.394 e. The first-order valence-electron chi connectivity index (χ1n) is 17.7. The van der Waals surface area contributed by atoms with Gasteiger partial charge in [-0.3, -0.25) is 9.59 Å². The first-order valence-corrected chi connectivity index (χ1v) is 17.7. The zero-order valence-electron chi connectivity index (χ0n) is 30.5. The van der Waals surface area contributed by atoms with E-state index in [0.717, 1.165) is 53.7 Å². The number of allylic oxidation sites excluding steroid dienone is 1. The number of benzene rings is 2. The highest BCUT2D eigenvalue weighted by Crippen LogP contribution is 2.37. The topological polar surface area (TPSA) is 148 Å². The van der Waals surface area contributed by atoms with E-state index in [0.29, 0.717) is 12.0 Å². The van der Waals surface area contributed by atoms with Crippen LogP contribution in [0.15, 0.2) is 36.4 Å². The van der Waals surface area contributed by atoms with Crippen molar-refractivity contribution < 1.29 is 34.8 Å². The Bertz CT molecular complexity index is 1510. The van der Waals surface area contributed by atoms with Crippen LogP contribution in [0.25, 0.3) is 6.08 Å². The molecular weight excluding hydrogens is 620 g/mol. The fourth-order valence-electron chi connectivity index (χ4n) is 6.83. The Morgan fingerprint density at radius 2 is 1.63 bits per heavy atom. The summed E-state index contributed by atoms with van der Waals surface area (Å²) in [6, 6.07) is 10.5. The molecule has 2 aromatic carbocycles. The van der Waals surface area contributed by atoms with E-state index in [1.807, 2.05) is 58.9 Å². The quantitative estimate of drug-likeness (QED) is 0.193. The number of aryl methyl sites for hydroxylation is 2. The number of hydrogen-bond acceptors (Lipinski definition) is 8. The van der Waals surface area contributed by atoms with E-state index >= 15 is 0 Å². The number of carbonyl (C=O) groups is 2. The fraction of sp³-hybridized carbons (Fsp3) is 0.600. The number of nitrogens with one attached hydrogen (secondary N) is 2. The molecule has 5 atom stereocenters. The van der Waals surface area contributed by atoms with Crippen molar-refractivity contribution in [2.24, 2.45) is 10.8 Å². The Labute approximate surface area is 292 Å². The molecule has 9 nitrogen and oxygen atoms in total. The van der Waals surface area contributed by atoms with Crippen LogP contribution in [-0.4, -0.2) is 82.3 Å². The minimum Gasteiger partial charge on any atom is -0.394 e. The summed E-state index contributed by atoms with van der Waals surface area (Å²) in [4.78, 5) is 26.5. The molecule has 1 amide bonds. The Balaban J connectivity index is 1.49. The van der Waals surface area contributed by atoms with Gasteiger partial charge in [0, 0.05) is 17.9 Å². The number of aliphatic hydroxyl groups excluding tert-OH is 4. The van der Waals surface area contributed by atoms with E-state index in [1.54, 1.807) is 0 Å². The number of ketones is 1. The lowest BCUT2D eigenvalue weighted by Crippen LogP contribution is -2.55. The summed E-state index contributed by atoms with van der Waals surface area (Å²) in [5, 5.41) is 47.8. The van der Waals surface area contributed by atoms with E-state index in [2.05, 4.69) is 49.6 Å². The molecule has 2 aromatic rings. The molecule has 9 heteroatoms. The molecule has 2 aliphatic heterocycles. The second kappa shape index (κ2) is 16.0. The van der Waals surface area contributed by atoms with Crippen LogP contribution in [0.4, 0.5) is 0 Å². The van der Waals surface area contributed by atoms with E-state index in [9.17, 15) is 30.0 Å². The van der Waals surface area contributed by atoms with Crippen LogP contribution in [0.2, 0.25) is 0 Å². The van der Waals surface area contributed by atoms with Crippen LogP contribution in [0.5, 0.6) is 0 Å². The summed E-state index contributed by atoms with van der Waals surface area (Å²) in [6.45, 7) is 17.1. The van der Waals surface area contributed by atoms with Crippen LogP contribution in [0.3, 0.4) is 0 Å². The summed E-state index contributed by atoms with van der Waals surface area (Å²) in [5.41, 5.74) is 5.47. The minimum atomic E-state index is -1.44. The van der Waals surface area contributed by atoms with E-state index < -0.39 is 48.0 Å². The normalized spacial score (nSPS) is 24.1. The van der Waals surface area contributed by atoms with Crippen molar-refractivity contribution in [2.75, 3.05) is 19.7 Å². The molecule has 2 saturated heterocycles. The molecule has 0 bridgehead atoms. The monoisotopic (exact) mass is 678 g/mol. The third-order valence-electron chi connectivity index (χ3n) is 10.4. The first-order chi connectivity index (χ1) is 22.9. The highest BCUT2D eigenvalue weighted by molar-refractivity contribution is 5.93. The molecule has 0 unspecified atom stereocenters. The molecule has 2 aliphatic rings. The number of hydrogen-bond donors (Lipinski definition) is 6. The van der Waals surface area contributed by atoms with E-state index in [-0.39, 0.29) is 30.1 Å². The zero-order chi connectivity index (χ0) is 36.3. The number of Topliss-reactive ketones (excluding diaryl/α,β-unsaturated/α-hetero) is 1. The maximum absolute atomic E-state index is 13.5. The van der Waals surface area contributed by atoms with Crippen molar-refractivity contribution in [3.05, 3.63) is 75.4 Å². The molecule has 0 aliphatic carbocycles. The predicted molar refractivity (Wildman–Crippen MR) is 192 cm³/mol. The van der Waals surface area contributed by atoms with Crippen LogP contribution in [0.1, 0.15) is 112 Å². The summed E-state index contributed by atoms with van der Waals surface area (Å²) in [7, 11) is 0. The van der Waals surface area contributed by atoms with Crippen molar-refractivity contribution >= 4 is 17.8 Å². The summed E-state index contributed by atoms with van der Waals surface area (Å²) in [6.07, 6.45) is 0.401. The van der Waals surface area contributed by atoms with Crippen molar-refractivity contribution in [3.63, 3.8) is 0 Å². The van der Waals surface area contributed by atoms with Crippen LogP contribution >= 0.6 is 0 Å². The Kier molecular flexibility index (Phi) is 12.7. The van der Waals surface area contributed by atoms with Crippen molar-refractivity contribution in [3.8, 4) is 0 Å². The average Bonchev–Trinajstić information content (AvgIpc) is 3.05. The molecule has 4 rings (SSSR count). The summed E-state index contributed by atoms with van der Waals surface area (Å²) in [5.74, 6) is 0.173. The van der Waals surface area contributed by atoms with Gasteiger partial charge in [0.05, 0.1) is 12.0 Å². The highest BCUT2D eigenvalue weighted by atomic mass is 16.5. The summed E-state index contributed by atoms with van der Waals surface area (Å²) < 4.78 is 5.92. The lowest BCUT2D eigenvalue weighted by atomic mass is 9.77. The number of rotatable bonds is 12. The van der Waals surface area contributed by atoms with Gasteiger partial charge >= 0.3 is 0 Å². The van der Waals surface area contributed by atoms with Gasteiger partial charge in [0.15, 0.2) is 0 Å². The van der Waals surface area contributed by atoms with Crippen molar-refractivity contribution in [1.29, 1.82) is 0 Å². The molecule has 2 fully saturated rings. The molecular formula is C40H58N2O7. The number of amides is 1. The van der Waals surface area contributed by atoms with Crippen molar-refractivity contribution in [1.82, 2.24) is 10.6 Å². The second-order valence-corrected chi connectivity index (χ2v) is 15.7. The molecule has 270 valence electrons. The smallest absolute Gasteiger partial charge is 0.226 e. The van der Waals surface area contributed by atoms with Crippen LogP contribution in [-0.2, 0) is 20.7 Å². The standard InChI is InChI=1S/C40H58N2O7/c1-23(2)30-18-25(4)31(37-36(47)35(46)34(45)32(22-43)49-37)20-28(30)19-27-10-9-26(17-24(27)3)11-14-39(5,6)33(44)21-40(7,8)38(48)42-29-12-15-41-16-13-29/h9-11,14,17-18,20,23,29,32,34-37,41,43,45-47H,12-13,15-16,19,21-22H2,1-8H3,(H,42,48)/b14-11+/t32-,34-,35+,36-,37+/m1/s1. The van der Waals surface area contributed by atoms with Gasteiger partial charge in [0.25, 0.3) is 0 Å². The van der Waals surface area contributed by atoms with Gasteiger partial charge in [0.1, 0.15) is 36.3 Å². The third kappa shape index (κ3) is 9.25. The summed E-state index contributed by atoms with van der Waals surface area (Å²) >= 11 is 0. The maximum Gasteiger partial charge on any atom is 0.226 e. The molecule has 6 N–H and O–H groups in total. The number of piperidine rings is 1. The van der Waals surface area contributed by atoms with Gasteiger partial charge in [-0.15, -0.1) is 0 Å². The zero-order valence-corrected chi connectivity index (χ0v) is 30.5. The minimum absolute atomic E-state index is 0.0124. The van der Waals surface area contributed by atoms with Gasteiger partial charge in [-0.25, -0.2) is 0 Å². The molecule has 0 saturated carbocycles. The van der Waals surface area contributed by atoms with Gasteiger partial charge in [0.2, 0.25) is 5.91 Å².